The maximum atomic E-state index is 6.01. The molecule has 2 heterocycles. The smallest absolute Gasteiger partial charge is 0.228 e. The summed E-state index contributed by atoms with van der Waals surface area (Å²) in [6, 6.07) is 4.14. The molecule has 4 nitrogen and oxygen atoms in total. The van der Waals surface area contributed by atoms with E-state index in [-0.39, 0.29) is 6.04 Å². The number of aromatic nitrogens is 2. The van der Waals surface area contributed by atoms with Crippen LogP contribution in [0.4, 0.5) is 0 Å². The summed E-state index contributed by atoms with van der Waals surface area (Å²) in [5.74, 6) is 1.99. The van der Waals surface area contributed by atoms with Crippen LogP contribution in [0.2, 0.25) is 0 Å². The zero-order valence-corrected chi connectivity index (χ0v) is 9.61. The first-order chi connectivity index (χ1) is 7.83. The molecule has 1 unspecified atom stereocenters. The predicted octanol–water partition coefficient (Wildman–Crippen LogP) is 2.08. The van der Waals surface area contributed by atoms with E-state index >= 15 is 0 Å². The van der Waals surface area contributed by atoms with Crippen molar-refractivity contribution in [3.63, 3.8) is 0 Å². The Bertz CT molecular complexity index is 461. The first kappa shape index (κ1) is 9.99. The minimum absolute atomic E-state index is 0.177. The highest BCUT2D eigenvalue weighted by Gasteiger charge is 2.29. The number of hydrogen-bond acceptors (Lipinski definition) is 5. The Hall–Kier alpha value is -1.20. The molecule has 0 aliphatic heterocycles. The fourth-order valence-electron chi connectivity index (χ4n) is 1.74. The van der Waals surface area contributed by atoms with Gasteiger partial charge in [-0.3, -0.25) is 0 Å². The molecule has 3 rings (SSSR count). The number of nitrogens with two attached hydrogens (primary N) is 1. The highest BCUT2D eigenvalue weighted by Crippen LogP contribution is 2.33. The third-order valence-corrected chi connectivity index (χ3v) is 3.71. The topological polar surface area (TPSA) is 64.9 Å². The average molecular weight is 235 g/mol. The fourth-order valence-corrected chi connectivity index (χ4v) is 2.39. The normalized spacial score (nSPS) is 17.6. The second-order valence-electron chi connectivity index (χ2n) is 4.19. The zero-order chi connectivity index (χ0) is 11.0. The van der Waals surface area contributed by atoms with Crippen LogP contribution in [0, 0.1) is 5.92 Å². The van der Waals surface area contributed by atoms with Crippen LogP contribution >= 0.6 is 11.3 Å². The van der Waals surface area contributed by atoms with Crippen molar-refractivity contribution >= 4 is 11.3 Å². The summed E-state index contributed by atoms with van der Waals surface area (Å²) in [6.07, 6.45) is 3.18. The third-order valence-electron chi connectivity index (χ3n) is 2.85. The molecular weight excluding hydrogens is 222 g/mol. The molecule has 0 aromatic carbocycles. The molecule has 16 heavy (non-hydrogen) atoms. The van der Waals surface area contributed by atoms with Gasteiger partial charge in [-0.05, 0) is 30.2 Å². The first-order valence-electron chi connectivity index (χ1n) is 5.45. The molecule has 2 aromatic rings. The van der Waals surface area contributed by atoms with Crippen LogP contribution in [-0.4, -0.2) is 16.2 Å². The maximum Gasteiger partial charge on any atom is 0.228 e. The van der Waals surface area contributed by atoms with Crippen molar-refractivity contribution < 1.29 is 4.52 Å². The van der Waals surface area contributed by atoms with Crippen LogP contribution in [-0.2, 0) is 6.42 Å². The minimum atomic E-state index is 0.177. The fraction of sp³-hybridized carbons (Fsp3) is 0.455. The average Bonchev–Trinajstić information content (AvgIpc) is 2.80. The Kier molecular flexibility index (Phi) is 2.49. The molecule has 1 aliphatic carbocycles. The van der Waals surface area contributed by atoms with Gasteiger partial charge in [0.1, 0.15) is 0 Å². The maximum absolute atomic E-state index is 6.01. The van der Waals surface area contributed by atoms with E-state index in [0.29, 0.717) is 24.1 Å². The number of nitrogens with zero attached hydrogens (tertiary/aromatic N) is 2. The second kappa shape index (κ2) is 3.99. The summed E-state index contributed by atoms with van der Waals surface area (Å²) in [4.78, 5) is 5.39. The Morgan fingerprint density at radius 1 is 1.56 bits per heavy atom. The summed E-state index contributed by atoms with van der Waals surface area (Å²) in [7, 11) is 0. The lowest BCUT2D eigenvalue weighted by molar-refractivity contribution is 0.364. The van der Waals surface area contributed by atoms with Gasteiger partial charge in [-0.1, -0.05) is 11.2 Å². The second-order valence-corrected chi connectivity index (χ2v) is 5.14. The van der Waals surface area contributed by atoms with E-state index in [4.69, 9.17) is 10.3 Å². The van der Waals surface area contributed by atoms with E-state index < -0.39 is 0 Å². The van der Waals surface area contributed by atoms with Crippen LogP contribution in [0.1, 0.15) is 18.7 Å². The van der Waals surface area contributed by atoms with Gasteiger partial charge in [-0.2, -0.15) is 4.98 Å². The summed E-state index contributed by atoms with van der Waals surface area (Å²) in [5, 5.41) is 5.96. The summed E-state index contributed by atoms with van der Waals surface area (Å²) >= 11 is 1.61. The van der Waals surface area contributed by atoms with Crippen LogP contribution < -0.4 is 5.73 Å². The summed E-state index contributed by atoms with van der Waals surface area (Å²) in [6.45, 7) is 0. The molecule has 2 N–H and O–H groups in total. The van der Waals surface area contributed by atoms with E-state index in [1.165, 1.54) is 12.8 Å². The van der Waals surface area contributed by atoms with Gasteiger partial charge in [0.25, 0.3) is 0 Å². The molecule has 0 amide bonds. The van der Waals surface area contributed by atoms with Crippen LogP contribution in [0.15, 0.2) is 22.0 Å². The SMILES string of the molecule is NC(Cc1nc(-c2cccs2)no1)C1CC1. The summed E-state index contributed by atoms with van der Waals surface area (Å²) < 4.78 is 5.20. The van der Waals surface area contributed by atoms with Crippen molar-refractivity contribution in [2.45, 2.75) is 25.3 Å². The molecule has 1 saturated carbocycles. The number of hydrogen-bond donors (Lipinski definition) is 1. The van der Waals surface area contributed by atoms with Gasteiger partial charge >= 0.3 is 0 Å². The van der Waals surface area contributed by atoms with Crippen molar-refractivity contribution in [2.24, 2.45) is 11.7 Å². The molecule has 0 bridgehead atoms. The molecule has 1 atom stereocenters. The zero-order valence-electron chi connectivity index (χ0n) is 8.80. The Labute approximate surface area is 97.5 Å². The monoisotopic (exact) mass is 235 g/mol. The van der Waals surface area contributed by atoms with Gasteiger partial charge in [0.15, 0.2) is 0 Å². The molecule has 5 heteroatoms. The lowest BCUT2D eigenvalue weighted by Crippen LogP contribution is -2.25. The van der Waals surface area contributed by atoms with Crippen molar-refractivity contribution in [2.75, 3.05) is 0 Å². The standard InChI is InChI=1S/C11H13N3OS/c12-8(7-3-4-7)6-10-13-11(14-15-10)9-2-1-5-16-9/h1-2,5,7-8H,3-4,6,12H2. The highest BCUT2D eigenvalue weighted by molar-refractivity contribution is 7.13. The van der Waals surface area contributed by atoms with Gasteiger partial charge in [0.2, 0.25) is 11.7 Å². The molecule has 2 aromatic heterocycles. The van der Waals surface area contributed by atoms with Crippen molar-refractivity contribution in [1.82, 2.24) is 10.1 Å². The molecular formula is C11H13N3OS. The number of thiophene rings is 1. The molecule has 1 aliphatic rings. The van der Waals surface area contributed by atoms with Gasteiger partial charge in [0, 0.05) is 12.5 Å². The minimum Gasteiger partial charge on any atom is -0.339 e. The van der Waals surface area contributed by atoms with Crippen molar-refractivity contribution in [3.8, 4) is 10.7 Å². The van der Waals surface area contributed by atoms with Gasteiger partial charge in [0.05, 0.1) is 4.88 Å². The first-order valence-corrected chi connectivity index (χ1v) is 6.33. The van der Waals surface area contributed by atoms with Gasteiger partial charge in [-0.25, -0.2) is 0 Å². The van der Waals surface area contributed by atoms with E-state index in [0.717, 1.165) is 4.88 Å². The third kappa shape index (κ3) is 2.01. The van der Waals surface area contributed by atoms with Crippen molar-refractivity contribution in [1.29, 1.82) is 0 Å². The highest BCUT2D eigenvalue weighted by atomic mass is 32.1. The molecule has 1 fully saturated rings. The predicted molar refractivity (Wildman–Crippen MR) is 62.0 cm³/mol. The molecule has 0 saturated heterocycles. The molecule has 0 radical (unpaired) electrons. The quantitative estimate of drug-likeness (QED) is 0.881. The van der Waals surface area contributed by atoms with E-state index in [2.05, 4.69) is 10.1 Å². The largest absolute Gasteiger partial charge is 0.339 e. The van der Waals surface area contributed by atoms with Crippen molar-refractivity contribution in [3.05, 3.63) is 23.4 Å². The Balaban J connectivity index is 1.72. The Morgan fingerprint density at radius 3 is 3.12 bits per heavy atom. The molecule has 0 spiro atoms. The molecule has 84 valence electrons. The van der Waals surface area contributed by atoms with E-state index in [9.17, 15) is 0 Å². The van der Waals surface area contributed by atoms with Gasteiger partial charge in [-0.15, -0.1) is 11.3 Å². The van der Waals surface area contributed by atoms with Crippen LogP contribution in [0.5, 0.6) is 0 Å². The Morgan fingerprint density at radius 2 is 2.44 bits per heavy atom. The summed E-state index contributed by atoms with van der Waals surface area (Å²) in [5.41, 5.74) is 6.01. The number of rotatable bonds is 4. The van der Waals surface area contributed by atoms with Crippen LogP contribution in [0.3, 0.4) is 0 Å². The lowest BCUT2D eigenvalue weighted by Gasteiger charge is -2.04. The van der Waals surface area contributed by atoms with E-state index in [1.807, 2.05) is 17.5 Å². The van der Waals surface area contributed by atoms with Crippen LogP contribution in [0.25, 0.3) is 10.7 Å². The van der Waals surface area contributed by atoms with Gasteiger partial charge < -0.3 is 10.3 Å². The van der Waals surface area contributed by atoms with E-state index in [1.54, 1.807) is 11.3 Å². The lowest BCUT2D eigenvalue weighted by atomic mass is 10.1.